The highest BCUT2D eigenvalue weighted by Crippen LogP contribution is 2.30. The van der Waals surface area contributed by atoms with Crippen molar-refractivity contribution in [2.45, 2.75) is 82.5 Å². The van der Waals surface area contributed by atoms with Gasteiger partial charge >= 0.3 is 6.09 Å². The van der Waals surface area contributed by atoms with Crippen molar-refractivity contribution in [3.63, 3.8) is 0 Å². The Balaban J connectivity index is 1.85. The number of carbonyl (C=O) groups excluding carboxylic acids is 1. The van der Waals surface area contributed by atoms with Crippen molar-refractivity contribution in [3.8, 4) is 0 Å². The summed E-state index contributed by atoms with van der Waals surface area (Å²) in [5.41, 5.74) is -0.465. The lowest BCUT2D eigenvalue weighted by atomic mass is 9.82. The molecule has 0 aromatic heterocycles. The second kappa shape index (κ2) is 7.41. The second-order valence-corrected chi connectivity index (χ2v) is 8.72. The molecule has 1 aliphatic carbocycles. The predicted octanol–water partition coefficient (Wildman–Crippen LogP) is 2.54. The molecular formula is C16H30N2O3S. The maximum atomic E-state index is 12.0. The van der Waals surface area contributed by atoms with E-state index in [2.05, 4.69) is 17.6 Å². The molecule has 5 nitrogen and oxygen atoms in total. The molecule has 1 amide bonds. The molecule has 2 rings (SSSR count). The van der Waals surface area contributed by atoms with Crippen LogP contribution in [0.4, 0.5) is 4.79 Å². The molecule has 128 valence electrons. The molecule has 6 heteroatoms. The summed E-state index contributed by atoms with van der Waals surface area (Å²) in [4.78, 5) is 12.0. The van der Waals surface area contributed by atoms with Gasteiger partial charge in [-0.15, -0.1) is 0 Å². The Bertz CT molecular complexity index is 386. The summed E-state index contributed by atoms with van der Waals surface area (Å²) in [7, 11) is 0. The van der Waals surface area contributed by atoms with Crippen LogP contribution in [-0.2, 0) is 9.47 Å². The smallest absolute Gasteiger partial charge is 0.407 e. The van der Waals surface area contributed by atoms with Gasteiger partial charge in [0.1, 0.15) is 5.60 Å². The van der Waals surface area contributed by atoms with E-state index in [-0.39, 0.29) is 24.3 Å². The second-order valence-electron chi connectivity index (χ2n) is 7.25. The Labute approximate surface area is 138 Å². The van der Waals surface area contributed by atoms with E-state index < -0.39 is 5.60 Å². The third-order valence-electron chi connectivity index (χ3n) is 4.03. The number of nitrogens with one attached hydrogen (secondary N) is 2. The Morgan fingerprint density at radius 3 is 2.59 bits per heavy atom. The number of carbonyl (C=O) groups is 1. The molecule has 2 fully saturated rings. The zero-order valence-corrected chi connectivity index (χ0v) is 15.2. The molecule has 2 N–H and O–H groups in total. The number of hydrogen-bond donors (Lipinski definition) is 2. The molecule has 0 bridgehead atoms. The van der Waals surface area contributed by atoms with Crippen LogP contribution >= 0.6 is 11.8 Å². The normalized spacial score (nSPS) is 35.0. The summed E-state index contributed by atoms with van der Waals surface area (Å²) in [6.07, 6.45) is 1.87. The summed E-state index contributed by atoms with van der Waals surface area (Å²) >= 11 is 2.00. The van der Waals surface area contributed by atoms with Crippen LogP contribution in [0.5, 0.6) is 0 Å². The zero-order chi connectivity index (χ0) is 16.3. The van der Waals surface area contributed by atoms with Gasteiger partial charge in [0.25, 0.3) is 0 Å². The van der Waals surface area contributed by atoms with Crippen molar-refractivity contribution < 1.29 is 14.3 Å². The summed E-state index contributed by atoms with van der Waals surface area (Å²) in [5, 5.41) is 7.38. The topological polar surface area (TPSA) is 59.6 Å². The molecule has 22 heavy (non-hydrogen) atoms. The quantitative estimate of drug-likeness (QED) is 0.811. The van der Waals surface area contributed by atoms with Gasteiger partial charge in [-0.1, -0.05) is 6.92 Å². The highest BCUT2D eigenvalue weighted by atomic mass is 32.2. The fourth-order valence-corrected chi connectivity index (χ4v) is 4.19. The number of amides is 1. The molecule has 0 spiro atoms. The Morgan fingerprint density at radius 1 is 1.32 bits per heavy atom. The first-order valence-corrected chi connectivity index (χ1v) is 9.32. The van der Waals surface area contributed by atoms with E-state index in [1.54, 1.807) is 0 Å². The van der Waals surface area contributed by atoms with Gasteiger partial charge in [-0.05, 0) is 40.5 Å². The average molecular weight is 330 g/mol. The van der Waals surface area contributed by atoms with Crippen LogP contribution in [0.3, 0.4) is 0 Å². The van der Waals surface area contributed by atoms with Crippen molar-refractivity contribution in [2.24, 2.45) is 0 Å². The molecule has 1 aliphatic heterocycles. The first-order valence-electron chi connectivity index (χ1n) is 8.27. The fraction of sp³-hybridized carbons (Fsp3) is 0.938. The van der Waals surface area contributed by atoms with E-state index in [1.807, 2.05) is 39.5 Å². The van der Waals surface area contributed by atoms with Gasteiger partial charge in [0.15, 0.2) is 0 Å². The fourth-order valence-electron chi connectivity index (χ4n) is 3.03. The van der Waals surface area contributed by atoms with Crippen molar-refractivity contribution in [3.05, 3.63) is 0 Å². The van der Waals surface area contributed by atoms with Gasteiger partial charge < -0.3 is 20.1 Å². The molecule has 1 saturated carbocycles. The van der Waals surface area contributed by atoms with Crippen molar-refractivity contribution in [1.29, 1.82) is 0 Å². The van der Waals surface area contributed by atoms with Gasteiger partial charge in [-0.2, -0.15) is 11.8 Å². The molecule has 1 heterocycles. The van der Waals surface area contributed by atoms with Crippen LogP contribution in [0.2, 0.25) is 0 Å². The van der Waals surface area contributed by atoms with Crippen LogP contribution in [0.25, 0.3) is 0 Å². The number of thioether (sulfide) groups is 1. The minimum absolute atomic E-state index is 0.0901. The van der Waals surface area contributed by atoms with Gasteiger partial charge in [0, 0.05) is 23.7 Å². The largest absolute Gasteiger partial charge is 0.444 e. The molecule has 5 atom stereocenters. The highest BCUT2D eigenvalue weighted by molar-refractivity contribution is 8.00. The van der Waals surface area contributed by atoms with E-state index >= 15 is 0 Å². The SMILES string of the molecule is CCOC1CC(NC(=O)OC(C)(C)C)C1NC1CSC(C)C1. The van der Waals surface area contributed by atoms with E-state index in [4.69, 9.17) is 9.47 Å². The minimum Gasteiger partial charge on any atom is -0.444 e. The van der Waals surface area contributed by atoms with Gasteiger partial charge in [0.05, 0.1) is 18.2 Å². The Kier molecular flexibility index (Phi) is 6.02. The van der Waals surface area contributed by atoms with Crippen LogP contribution in [0.1, 0.15) is 47.5 Å². The van der Waals surface area contributed by atoms with Crippen LogP contribution in [0, 0.1) is 0 Å². The first kappa shape index (κ1) is 17.9. The third kappa shape index (κ3) is 5.03. The zero-order valence-electron chi connectivity index (χ0n) is 14.3. The lowest BCUT2D eigenvalue weighted by molar-refractivity contribution is -0.0459. The third-order valence-corrected chi connectivity index (χ3v) is 5.39. The molecule has 2 aliphatic rings. The predicted molar refractivity (Wildman–Crippen MR) is 90.4 cm³/mol. The first-order chi connectivity index (χ1) is 10.3. The van der Waals surface area contributed by atoms with Gasteiger partial charge in [0.2, 0.25) is 0 Å². The summed E-state index contributed by atoms with van der Waals surface area (Å²) in [5.74, 6) is 1.13. The van der Waals surface area contributed by atoms with E-state index in [1.165, 1.54) is 6.42 Å². The number of alkyl carbamates (subject to hydrolysis) is 1. The Hall–Kier alpha value is -0.460. The van der Waals surface area contributed by atoms with E-state index in [0.717, 1.165) is 12.2 Å². The molecule has 1 saturated heterocycles. The minimum atomic E-state index is -0.465. The average Bonchev–Trinajstić information content (AvgIpc) is 2.78. The Morgan fingerprint density at radius 2 is 2.05 bits per heavy atom. The molecule has 5 unspecified atom stereocenters. The molecular weight excluding hydrogens is 300 g/mol. The highest BCUT2D eigenvalue weighted by Gasteiger charge is 2.44. The van der Waals surface area contributed by atoms with Gasteiger partial charge in [-0.25, -0.2) is 4.79 Å². The summed E-state index contributed by atoms with van der Waals surface area (Å²) in [6, 6.07) is 0.784. The van der Waals surface area contributed by atoms with Crippen molar-refractivity contribution in [1.82, 2.24) is 10.6 Å². The number of rotatable bonds is 5. The standard InChI is InChI=1S/C16H30N2O3S/c1-6-20-13-8-12(18-15(19)21-16(3,4)5)14(13)17-11-7-10(2)22-9-11/h10-14,17H,6-9H2,1-5H3,(H,18,19). The van der Waals surface area contributed by atoms with E-state index in [0.29, 0.717) is 17.9 Å². The van der Waals surface area contributed by atoms with Crippen LogP contribution < -0.4 is 10.6 Å². The van der Waals surface area contributed by atoms with Crippen LogP contribution in [-0.4, -0.2) is 53.5 Å². The maximum absolute atomic E-state index is 12.0. The molecule has 0 radical (unpaired) electrons. The molecule has 0 aromatic carbocycles. The monoisotopic (exact) mass is 330 g/mol. The lowest BCUT2D eigenvalue weighted by Gasteiger charge is -2.46. The number of hydrogen-bond acceptors (Lipinski definition) is 5. The van der Waals surface area contributed by atoms with Crippen molar-refractivity contribution >= 4 is 17.9 Å². The number of ether oxygens (including phenoxy) is 2. The van der Waals surface area contributed by atoms with Crippen molar-refractivity contribution in [2.75, 3.05) is 12.4 Å². The van der Waals surface area contributed by atoms with Gasteiger partial charge in [-0.3, -0.25) is 0 Å². The van der Waals surface area contributed by atoms with E-state index in [9.17, 15) is 4.79 Å². The lowest BCUT2D eigenvalue weighted by Crippen LogP contribution is -2.67. The molecule has 0 aromatic rings. The maximum Gasteiger partial charge on any atom is 0.407 e. The summed E-state index contributed by atoms with van der Waals surface area (Å²) in [6.45, 7) is 10.6. The summed E-state index contributed by atoms with van der Waals surface area (Å²) < 4.78 is 11.1. The van der Waals surface area contributed by atoms with Crippen LogP contribution in [0.15, 0.2) is 0 Å².